The van der Waals surface area contributed by atoms with Crippen molar-refractivity contribution in [1.29, 1.82) is 0 Å². The van der Waals surface area contributed by atoms with E-state index in [9.17, 15) is 0 Å². The molecule has 1 heteroatoms. The molecule has 0 aromatic carbocycles. The van der Waals surface area contributed by atoms with Crippen LogP contribution in [0, 0.1) is 0 Å². The van der Waals surface area contributed by atoms with E-state index >= 15 is 0 Å². The minimum atomic E-state index is 0.639. The summed E-state index contributed by atoms with van der Waals surface area (Å²) in [5, 5.41) is 0. The molecule has 0 aromatic rings. The first-order valence-electron chi connectivity index (χ1n) is 4.56. The first-order valence-corrected chi connectivity index (χ1v) is 4.56. The lowest BCUT2D eigenvalue weighted by Gasteiger charge is -1.90. The summed E-state index contributed by atoms with van der Waals surface area (Å²) in [5.74, 6) is 0. The van der Waals surface area contributed by atoms with Crippen LogP contribution in [0.1, 0.15) is 27.2 Å². The van der Waals surface area contributed by atoms with Crippen LogP contribution in [-0.4, -0.2) is 6.54 Å². The van der Waals surface area contributed by atoms with Gasteiger partial charge in [0.2, 0.25) is 0 Å². The monoisotopic (exact) mass is 165 g/mol. The summed E-state index contributed by atoms with van der Waals surface area (Å²) in [5.41, 5.74) is 8.06. The molecule has 0 aromatic heterocycles. The summed E-state index contributed by atoms with van der Waals surface area (Å²) in [6.45, 7) is 6.76. The van der Waals surface area contributed by atoms with Gasteiger partial charge in [-0.05, 0) is 18.9 Å². The molecular formula is C11H19N. The molecule has 0 amide bonds. The SMILES string of the molecule is CC.CC1=CC=C(CN)C=CC1. The normalized spacial score (nSPS) is 15.3. The molecular weight excluding hydrogens is 146 g/mol. The summed E-state index contributed by atoms with van der Waals surface area (Å²) in [6, 6.07) is 0. The van der Waals surface area contributed by atoms with E-state index in [1.54, 1.807) is 0 Å². The molecule has 0 aliphatic heterocycles. The van der Waals surface area contributed by atoms with Crippen LogP contribution in [0.3, 0.4) is 0 Å². The van der Waals surface area contributed by atoms with E-state index in [1.807, 2.05) is 13.8 Å². The zero-order valence-corrected chi connectivity index (χ0v) is 8.30. The Balaban J connectivity index is 0.000000561. The Morgan fingerprint density at radius 3 is 2.58 bits per heavy atom. The highest BCUT2D eigenvalue weighted by Crippen LogP contribution is 2.08. The third-order valence-electron chi connectivity index (χ3n) is 1.59. The molecule has 1 nitrogen and oxygen atoms in total. The van der Waals surface area contributed by atoms with Crippen LogP contribution in [-0.2, 0) is 0 Å². The number of allylic oxidation sites excluding steroid dienone is 4. The first-order chi connectivity index (χ1) is 5.83. The summed E-state index contributed by atoms with van der Waals surface area (Å²) >= 11 is 0. The fraction of sp³-hybridized carbons (Fsp3) is 0.455. The fourth-order valence-corrected chi connectivity index (χ4v) is 0.905. The van der Waals surface area contributed by atoms with Gasteiger partial charge >= 0.3 is 0 Å². The molecule has 68 valence electrons. The predicted molar refractivity (Wildman–Crippen MR) is 56.0 cm³/mol. The Labute approximate surface area is 75.7 Å². The van der Waals surface area contributed by atoms with Crippen LogP contribution in [0.15, 0.2) is 35.5 Å². The number of nitrogens with two attached hydrogens (primary N) is 1. The number of rotatable bonds is 1. The van der Waals surface area contributed by atoms with Gasteiger partial charge in [0.25, 0.3) is 0 Å². The van der Waals surface area contributed by atoms with Gasteiger partial charge < -0.3 is 5.73 Å². The van der Waals surface area contributed by atoms with Crippen molar-refractivity contribution in [3.63, 3.8) is 0 Å². The zero-order chi connectivity index (χ0) is 9.40. The van der Waals surface area contributed by atoms with Gasteiger partial charge in [-0.1, -0.05) is 43.7 Å². The molecule has 0 radical (unpaired) electrons. The third kappa shape index (κ3) is 4.14. The van der Waals surface area contributed by atoms with Crippen molar-refractivity contribution in [3.8, 4) is 0 Å². The van der Waals surface area contributed by atoms with Crippen LogP contribution in [0.5, 0.6) is 0 Å². The smallest absolute Gasteiger partial charge is 0.0177 e. The summed E-state index contributed by atoms with van der Waals surface area (Å²) in [4.78, 5) is 0. The van der Waals surface area contributed by atoms with E-state index < -0.39 is 0 Å². The summed E-state index contributed by atoms with van der Waals surface area (Å²) < 4.78 is 0. The lowest BCUT2D eigenvalue weighted by atomic mass is 10.2. The maximum Gasteiger partial charge on any atom is 0.0177 e. The second-order valence-electron chi connectivity index (χ2n) is 2.57. The van der Waals surface area contributed by atoms with E-state index in [4.69, 9.17) is 5.73 Å². The molecule has 0 saturated carbocycles. The quantitative estimate of drug-likeness (QED) is 0.635. The Bertz CT molecular complexity index is 197. The van der Waals surface area contributed by atoms with Gasteiger partial charge in [-0.25, -0.2) is 0 Å². The number of hydrogen-bond donors (Lipinski definition) is 1. The molecule has 0 fully saturated rings. The Morgan fingerprint density at radius 1 is 1.33 bits per heavy atom. The van der Waals surface area contributed by atoms with Crippen molar-refractivity contribution in [2.24, 2.45) is 5.73 Å². The minimum Gasteiger partial charge on any atom is -0.326 e. The molecule has 2 N–H and O–H groups in total. The van der Waals surface area contributed by atoms with Crippen molar-refractivity contribution < 1.29 is 0 Å². The molecule has 0 saturated heterocycles. The van der Waals surface area contributed by atoms with Crippen molar-refractivity contribution in [2.75, 3.05) is 6.54 Å². The highest BCUT2D eigenvalue weighted by molar-refractivity contribution is 5.30. The van der Waals surface area contributed by atoms with Crippen molar-refractivity contribution in [3.05, 3.63) is 35.5 Å². The van der Waals surface area contributed by atoms with E-state index in [0.29, 0.717) is 6.54 Å². The van der Waals surface area contributed by atoms with E-state index in [2.05, 4.69) is 31.2 Å². The molecule has 0 bridgehead atoms. The molecule has 12 heavy (non-hydrogen) atoms. The summed E-state index contributed by atoms with van der Waals surface area (Å²) in [6.07, 6.45) is 9.51. The van der Waals surface area contributed by atoms with Crippen LogP contribution in [0.2, 0.25) is 0 Å². The van der Waals surface area contributed by atoms with Crippen LogP contribution in [0.25, 0.3) is 0 Å². The van der Waals surface area contributed by atoms with Gasteiger partial charge in [-0.15, -0.1) is 0 Å². The van der Waals surface area contributed by atoms with E-state index in [1.165, 1.54) is 11.1 Å². The van der Waals surface area contributed by atoms with Gasteiger partial charge in [0.1, 0.15) is 0 Å². The maximum absolute atomic E-state index is 5.47. The second kappa shape index (κ2) is 6.86. The average Bonchev–Trinajstić information content (AvgIpc) is 2.33. The van der Waals surface area contributed by atoms with Crippen molar-refractivity contribution in [2.45, 2.75) is 27.2 Å². The molecule has 1 rings (SSSR count). The molecule has 0 unspecified atom stereocenters. The Hall–Kier alpha value is -0.820. The van der Waals surface area contributed by atoms with Gasteiger partial charge in [0.05, 0.1) is 0 Å². The average molecular weight is 165 g/mol. The van der Waals surface area contributed by atoms with Gasteiger partial charge in [-0.2, -0.15) is 0 Å². The van der Waals surface area contributed by atoms with Crippen LogP contribution in [0.4, 0.5) is 0 Å². The van der Waals surface area contributed by atoms with Gasteiger partial charge in [-0.3, -0.25) is 0 Å². The zero-order valence-electron chi connectivity index (χ0n) is 8.30. The molecule has 0 heterocycles. The second-order valence-corrected chi connectivity index (χ2v) is 2.57. The largest absolute Gasteiger partial charge is 0.326 e. The predicted octanol–water partition coefficient (Wildman–Crippen LogP) is 2.80. The highest BCUT2D eigenvalue weighted by Gasteiger charge is 1.91. The maximum atomic E-state index is 5.47. The van der Waals surface area contributed by atoms with Gasteiger partial charge in [0.15, 0.2) is 0 Å². The third-order valence-corrected chi connectivity index (χ3v) is 1.59. The molecule has 0 atom stereocenters. The lowest BCUT2D eigenvalue weighted by molar-refractivity contribution is 1.18. The standard InChI is InChI=1S/C9H13N.C2H6/c1-8-3-2-4-9(7-10)6-5-8;1-2/h2,4-6H,3,7,10H2,1H3;1-2H3. The van der Waals surface area contributed by atoms with E-state index in [-0.39, 0.29) is 0 Å². The van der Waals surface area contributed by atoms with E-state index in [0.717, 1.165) is 6.42 Å². The Morgan fingerprint density at radius 2 is 2.00 bits per heavy atom. The van der Waals surface area contributed by atoms with Crippen molar-refractivity contribution in [1.82, 2.24) is 0 Å². The van der Waals surface area contributed by atoms with Crippen molar-refractivity contribution >= 4 is 0 Å². The van der Waals surface area contributed by atoms with Crippen LogP contribution < -0.4 is 5.73 Å². The van der Waals surface area contributed by atoms with Gasteiger partial charge in [0, 0.05) is 6.54 Å². The molecule has 0 spiro atoms. The lowest BCUT2D eigenvalue weighted by Crippen LogP contribution is -1.99. The number of hydrogen-bond acceptors (Lipinski definition) is 1. The molecule has 1 aliphatic carbocycles. The van der Waals surface area contributed by atoms with Crippen LogP contribution >= 0.6 is 0 Å². The fourth-order valence-electron chi connectivity index (χ4n) is 0.905. The minimum absolute atomic E-state index is 0.639. The highest BCUT2D eigenvalue weighted by atomic mass is 14.5. The topological polar surface area (TPSA) is 26.0 Å². The summed E-state index contributed by atoms with van der Waals surface area (Å²) in [7, 11) is 0. The first kappa shape index (κ1) is 11.2. The Kier molecular flexibility index (Phi) is 6.39. The molecule has 1 aliphatic rings.